The van der Waals surface area contributed by atoms with Crippen molar-refractivity contribution in [2.45, 2.75) is 39.2 Å². The minimum absolute atomic E-state index is 0.657. The minimum atomic E-state index is 0.657. The molecule has 2 heteroatoms. The lowest BCUT2D eigenvalue weighted by Crippen LogP contribution is -2.30. The second-order valence-electron chi connectivity index (χ2n) is 4.85. The predicted octanol–water partition coefficient (Wildman–Crippen LogP) is 2.61. The lowest BCUT2D eigenvalue weighted by atomic mass is 10.0. The maximum absolute atomic E-state index is 3.40. The fourth-order valence-electron chi connectivity index (χ4n) is 2.82. The molecule has 0 saturated carbocycles. The number of hydrogen-bond acceptors (Lipinski definition) is 2. The first-order chi connectivity index (χ1) is 8.30. The van der Waals surface area contributed by atoms with Gasteiger partial charge in [-0.05, 0) is 37.4 Å². The number of rotatable bonds is 4. The van der Waals surface area contributed by atoms with Crippen LogP contribution >= 0.6 is 0 Å². The van der Waals surface area contributed by atoms with Crippen LogP contribution in [-0.2, 0) is 12.8 Å². The summed E-state index contributed by atoms with van der Waals surface area (Å²) >= 11 is 0. The van der Waals surface area contributed by atoms with Crippen LogP contribution in [0.5, 0.6) is 0 Å². The monoisotopic (exact) mass is 232 g/mol. The molecule has 0 radical (unpaired) electrons. The molecule has 1 heterocycles. The molecule has 1 aliphatic heterocycles. The van der Waals surface area contributed by atoms with Gasteiger partial charge < -0.3 is 10.2 Å². The number of aryl methyl sites for hydroxylation is 2. The Labute approximate surface area is 105 Å². The molecule has 0 aliphatic carbocycles. The molecule has 1 aliphatic rings. The summed E-state index contributed by atoms with van der Waals surface area (Å²) in [6.07, 6.45) is 3.52. The molecule has 94 valence electrons. The van der Waals surface area contributed by atoms with E-state index in [0.717, 1.165) is 19.4 Å². The first-order valence-electron chi connectivity index (χ1n) is 6.83. The zero-order valence-electron chi connectivity index (χ0n) is 11.3. The number of anilines is 1. The van der Waals surface area contributed by atoms with Gasteiger partial charge in [-0.15, -0.1) is 0 Å². The Morgan fingerprint density at radius 2 is 1.88 bits per heavy atom. The summed E-state index contributed by atoms with van der Waals surface area (Å²) in [7, 11) is 2.07. The summed E-state index contributed by atoms with van der Waals surface area (Å²) < 4.78 is 0. The van der Waals surface area contributed by atoms with Crippen LogP contribution in [0, 0.1) is 0 Å². The van der Waals surface area contributed by atoms with Gasteiger partial charge >= 0.3 is 0 Å². The molecule has 1 atom stereocenters. The molecule has 17 heavy (non-hydrogen) atoms. The van der Waals surface area contributed by atoms with Crippen molar-refractivity contribution in [2.75, 3.05) is 25.0 Å². The van der Waals surface area contributed by atoms with Gasteiger partial charge in [-0.2, -0.15) is 0 Å². The average Bonchev–Trinajstić information content (AvgIpc) is 2.86. The van der Waals surface area contributed by atoms with E-state index in [2.05, 4.69) is 49.3 Å². The number of likely N-dealkylation sites (N-methyl/N-ethyl adjacent to an activating group) is 1. The van der Waals surface area contributed by atoms with Gasteiger partial charge in [0.15, 0.2) is 0 Å². The number of para-hydroxylation sites is 1. The highest BCUT2D eigenvalue weighted by Gasteiger charge is 2.23. The molecule has 1 unspecified atom stereocenters. The predicted molar refractivity (Wildman–Crippen MR) is 74.9 cm³/mol. The van der Waals surface area contributed by atoms with Crippen LogP contribution in [0.25, 0.3) is 0 Å². The molecule has 0 amide bonds. The second kappa shape index (κ2) is 5.54. The smallest absolute Gasteiger partial charge is 0.0431 e. The maximum atomic E-state index is 3.40. The molecule has 0 aromatic heterocycles. The van der Waals surface area contributed by atoms with Gasteiger partial charge in [0.1, 0.15) is 0 Å². The molecule has 2 nitrogen and oxygen atoms in total. The van der Waals surface area contributed by atoms with Gasteiger partial charge in [0.25, 0.3) is 0 Å². The van der Waals surface area contributed by atoms with E-state index in [4.69, 9.17) is 0 Å². The highest BCUT2D eigenvalue weighted by molar-refractivity contribution is 5.60. The molecule has 2 rings (SSSR count). The summed E-state index contributed by atoms with van der Waals surface area (Å²) in [5.74, 6) is 0. The van der Waals surface area contributed by atoms with E-state index in [9.17, 15) is 0 Å². The third-order valence-electron chi connectivity index (χ3n) is 3.88. The van der Waals surface area contributed by atoms with Gasteiger partial charge in [0.05, 0.1) is 0 Å². The number of nitrogens with one attached hydrogen (secondary N) is 1. The first-order valence-corrected chi connectivity index (χ1v) is 6.83. The average molecular weight is 232 g/mol. The summed E-state index contributed by atoms with van der Waals surface area (Å²) in [6, 6.07) is 7.42. The summed E-state index contributed by atoms with van der Waals surface area (Å²) in [5.41, 5.74) is 4.51. The van der Waals surface area contributed by atoms with Crippen LogP contribution in [-0.4, -0.2) is 26.2 Å². The molecule has 1 N–H and O–H groups in total. The minimum Gasteiger partial charge on any atom is -0.369 e. The Morgan fingerprint density at radius 3 is 2.35 bits per heavy atom. The quantitative estimate of drug-likeness (QED) is 0.858. The third kappa shape index (κ3) is 2.47. The molecular weight excluding hydrogens is 208 g/mol. The van der Waals surface area contributed by atoms with Crippen LogP contribution in [0.4, 0.5) is 5.69 Å². The Morgan fingerprint density at radius 1 is 1.24 bits per heavy atom. The molecular formula is C15H24N2. The van der Waals surface area contributed by atoms with E-state index in [1.165, 1.54) is 29.8 Å². The fraction of sp³-hybridized carbons (Fsp3) is 0.600. The van der Waals surface area contributed by atoms with Crippen molar-refractivity contribution in [3.8, 4) is 0 Å². The first kappa shape index (κ1) is 12.4. The number of hydrogen-bond donors (Lipinski definition) is 1. The standard InChI is InChI=1S/C15H24N2/c1-4-12-7-6-8-13(5-2)15(12)17-10-9-14(11-17)16-3/h6-8,14,16H,4-5,9-11H2,1-3H3. The Kier molecular flexibility index (Phi) is 4.06. The molecule has 1 aromatic rings. The van der Waals surface area contributed by atoms with Crippen molar-refractivity contribution in [3.63, 3.8) is 0 Å². The fourth-order valence-corrected chi connectivity index (χ4v) is 2.82. The maximum Gasteiger partial charge on any atom is 0.0431 e. The molecule has 1 aromatic carbocycles. The summed E-state index contributed by atoms with van der Waals surface area (Å²) in [4.78, 5) is 2.57. The SMILES string of the molecule is CCc1cccc(CC)c1N1CCC(NC)C1. The highest BCUT2D eigenvalue weighted by Crippen LogP contribution is 2.29. The highest BCUT2D eigenvalue weighted by atomic mass is 15.2. The van der Waals surface area contributed by atoms with Crippen LogP contribution in [0.1, 0.15) is 31.4 Å². The third-order valence-corrected chi connectivity index (χ3v) is 3.88. The van der Waals surface area contributed by atoms with E-state index in [-0.39, 0.29) is 0 Å². The van der Waals surface area contributed by atoms with Crippen LogP contribution in [0.2, 0.25) is 0 Å². The number of benzene rings is 1. The van der Waals surface area contributed by atoms with E-state index in [0.29, 0.717) is 6.04 Å². The molecule has 0 spiro atoms. The van der Waals surface area contributed by atoms with Gasteiger partial charge in [-0.3, -0.25) is 0 Å². The van der Waals surface area contributed by atoms with Gasteiger partial charge in [0, 0.05) is 24.8 Å². The molecule has 1 fully saturated rings. The second-order valence-corrected chi connectivity index (χ2v) is 4.85. The van der Waals surface area contributed by atoms with Crippen LogP contribution in [0.15, 0.2) is 18.2 Å². The Balaban J connectivity index is 2.30. The van der Waals surface area contributed by atoms with E-state index >= 15 is 0 Å². The van der Waals surface area contributed by atoms with Gasteiger partial charge in [-0.25, -0.2) is 0 Å². The topological polar surface area (TPSA) is 15.3 Å². The van der Waals surface area contributed by atoms with E-state index < -0.39 is 0 Å². The van der Waals surface area contributed by atoms with E-state index in [1.807, 2.05) is 0 Å². The van der Waals surface area contributed by atoms with Crippen LogP contribution < -0.4 is 10.2 Å². The number of nitrogens with zero attached hydrogens (tertiary/aromatic N) is 1. The van der Waals surface area contributed by atoms with Gasteiger partial charge in [0.2, 0.25) is 0 Å². The summed E-state index contributed by atoms with van der Waals surface area (Å²) in [6.45, 7) is 6.85. The van der Waals surface area contributed by atoms with Crippen molar-refractivity contribution >= 4 is 5.69 Å². The van der Waals surface area contributed by atoms with Crippen molar-refractivity contribution in [1.29, 1.82) is 0 Å². The van der Waals surface area contributed by atoms with Crippen molar-refractivity contribution in [2.24, 2.45) is 0 Å². The van der Waals surface area contributed by atoms with Crippen molar-refractivity contribution in [3.05, 3.63) is 29.3 Å². The Hall–Kier alpha value is -1.02. The lowest BCUT2D eigenvalue weighted by molar-refractivity contribution is 0.616. The van der Waals surface area contributed by atoms with Crippen molar-refractivity contribution < 1.29 is 0 Å². The van der Waals surface area contributed by atoms with Gasteiger partial charge in [-0.1, -0.05) is 32.0 Å². The van der Waals surface area contributed by atoms with Crippen LogP contribution in [0.3, 0.4) is 0 Å². The normalized spacial score (nSPS) is 19.9. The molecule has 0 bridgehead atoms. The Bertz CT molecular complexity index is 351. The zero-order chi connectivity index (χ0) is 12.3. The zero-order valence-corrected chi connectivity index (χ0v) is 11.3. The van der Waals surface area contributed by atoms with Crippen molar-refractivity contribution in [1.82, 2.24) is 5.32 Å². The largest absolute Gasteiger partial charge is 0.369 e. The molecule has 1 saturated heterocycles. The lowest BCUT2D eigenvalue weighted by Gasteiger charge is -2.25. The summed E-state index contributed by atoms with van der Waals surface area (Å²) in [5, 5.41) is 3.40. The van der Waals surface area contributed by atoms with E-state index in [1.54, 1.807) is 0 Å².